The SMILES string of the molecule is CNC(=O)c1cc2c(=O)n3cccc(C)c3nc2[n+](CCCN2CCOCC2)c1N. The molecule has 1 aliphatic heterocycles. The summed E-state index contributed by atoms with van der Waals surface area (Å²) in [6, 6.07) is 5.27. The van der Waals surface area contributed by atoms with Crippen LogP contribution in [0.4, 0.5) is 5.82 Å². The second-order valence-corrected chi connectivity index (χ2v) is 7.52. The Kier molecular flexibility index (Phi) is 5.65. The second-order valence-electron chi connectivity index (χ2n) is 7.52. The van der Waals surface area contributed by atoms with Gasteiger partial charge in [0, 0.05) is 38.4 Å². The largest absolute Gasteiger partial charge is 0.379 e. The van der Waals surface area contributed by atoms with Gasteiger partial charge < -0.3 is 15.8 Å². The van der Waals surface area contributed by atoms with Gasteiger partial charge in [0.1, 0.15) is 10.9 Å². The lowest BCUT2D eigenvalue weighted by Gasteiger charge is -2.26. The second kappa shape index (κ2) is 8.37. The van der Waals surface area contributed by atoms with Crippen molar-refractivity contribution in [2.45, 2.75) is 19.9 Å². The van der Waals surface area contributed by atoms with Crippen molar-refractivity contribution in [3.05, 3.63) is 45.9 Å². The average molecular weight is 411 g/mol. The Morgan fingerprint density at radius 1 is 1.37 bits per heavy atom. The Morgan fingerprint density at radius 2 is 2.13 bits per heavy atom. The summed E-state index contributed by atoms with van der Waals surface area (Å²) in [5.74, 6) is -0.0151. The van der Waals surface area contributed by atoms with Crippen molar-refractivity contribution >= 4 is 28.4 Å². The molecule has 3 aromatic rings. The summed E-state index contributed by atoms with van der Waals surface area (Å²) in [6.45, 7) is 6.65. The molecule has 9 heteroatoms. The number of hydrogen-bond acceptors (Lipinski definition) is 6. The van der Waals surface area contributed by atoms with E-state index in [1.807, 2.05) is 19.1 Å². The number of nitrogen functional groups attached to an aromatic ring is 1. The first-order valence-electron chi connectivity index (χ1n) is 10.2. The van der Waals surface area contributed by atoms with Crippen molar-refractivity contribution in [3.8, 4) is 0 Å². The maximum Gasteiger partial charge on any atom is 0.278 e. The molecule has 9 nitrogen and oxygen atoms in total. The van der Waals surface area contributed by atoms with Crippen LogP contribution in [-0.4, -0.2) is 60.1 Å². The normalized spacial score (nSPS) is 15.0. The van der Waals surface area contributed by atoms with E-state index in [4.69, 9.17) is 15.5 Å². The molecule has 3 aromatic heterocycles. The standard InChI is InChI=1S/C21H26N6O3/c1-14-5-3-7-27-18(14)24-19-16(21(27)29)13-15(20(28)23-2)17(22)26(19)8-4-6-25-9-11-30-12-10-25/h3,5,7,13,22H,4,6,8-12H2,1-2H3,(H,23,28)/p+1. The number of hydrogen-bond donors (Lipinski definition) is 2. The average Bonchev–Trinajstić information content (AvgIpc) is 2.76. The van der Waals surface area contributed by atoms with E-state index in [9.17, 15) is 9.59 Å². The highest BCUT2D eigenvalue weighted by atomic mass is 16.5. The fraction of sp³-hybridized carbons (Fsp3) is 0.429. The van der Waals surface area contributed by atoms with Crippen LogP contribution >= 0.6 is 0 Å². The summed E-state index contributed by atoms with van der Waals surface area (Å²) in [5, 5.41) is 2.98. The molecule has 0 saturated carbocycles. The number of carbonyl (C=O) groups is 1. The van der Waals surface area contributed by atoms with E-state index in [2.05, 4.69) is 10.2 Å². The van der Waals surface area contributed by atoms with Gasteiger partial charge in [-0.15, -0.1) is 0 Å². The summed E-state index contributed by atoms with van der Waals surface area (Å²) >= 11 is 0. The molecule has 0 aliphatic carbocycles. The molecule has 0 spiro atoms. The van der Waals surface area contributed by atoms with Crippen LogP contribution in [0.5, 0.6) is 0 Å². The van der Waals surface area contributed by atoms with E-state index in [1.165, 1.54) is 4.40 Å². The minimum Gasteiger partial charge on any atom is -0.379 e. The molecule has 1 amide bonds. The number of carbonyl (C=O) groups excluding carboxylic acids is 1. The Bertz CT molecular complexity index is 1170. The van der Waals surface area contributed by atoms with Gasteiger partial charge in [-0.3, -0.25) is 18.9 Å². The zero-order valence-corrected chi connectivity index (χ0v) is 17.4. The van der Waals surface area contributed by atoms with E-state index in [0.717, 1.165) is 44.8 Å². The maximum absolute atomic E-state index is 13.2. The first-order valence-corrected chi connectivity index (χ1v) is 10.2. The Balaban J connectivity index is 1.83. The molecule has 3 N–H and O–H groups in total. The van der Waals surface area contributed by atoms with E-state index >= 15 is 0 Å². The van der Waals surface area contributed by atoms with Gasteiger partial charge >= 0.3 is 0 Å². The maximum atomic E-state index is 13.2. The number of rotatable bonds is 5. The number of amides is 1. The minimum absolute atomic E-state index is 0.217. The van der Waals surface area contributed by atoms with Crippen LogP contribution in [0.3, 0.4) is 0 Å². The highest BCUT2D eigenvalue weighted by molar-refractivity contribution is 6.00. The quantitative estimate of drug-likeness (QED) is 0.456. The molecule has 0 atom stereocenters. The Morgan fingerprint density at radius 3 is 2.87 bits per heavy atom. The highest BCUT2D eigenvalue weighted by Crippen LogP contribution is 2.16. The highest BCUT2D eigenvalue weighted by Gasteiger charge is 2.24. The van der Waals surface area contributed by atoms with Crippen LogP contribution in [0.25, 0.3) is 16.7 Å². The van der Waals surface area contributed by atoms with Crippen LogP contribution in [0.1, 0.15) is 22.3 Å². The van der Waals surface area contributed by atoms with Crippen molar-refractivity contribution < 1.29 is 14.1 Å². The molecule has 1 fully saturated rings. The van der Waals surface area contributed by atoms with Crippen molar-refractivity contribution in [2.75, 3.05) is 45.6 Å². The summed E-state index contributed by atoms with van der Waals surface area (Å²) in [6.07, 6.45) is 2.51. The Hall–Kier alpha value is -3.04. The first kappa shape index (κ1) is 20.2. The number of nitrogens with zero attached hydrogens (tertiary/aromatic N) is 4. The van der Waals surface area contributed by atoms with Gasteiger partial charge in [-0.05, 0) is 25.5 Å². The van der Waals surface area contributed by atoms with Gasteiger partial charge in [0.2, 0.25) is 11.5 Å². The van der Waals surface area contributed by atoms with Crippen molar-refractivity contribution in [1.82, 2.24) is 19.6 Å². The van der Waals surface area contributed by atoms with Gasteiger partial charge in [0.05, 0.1) is 19.8 Å². The molecule has 1 aliphatic rings. The summed E-state index contributed by atoms with van der Waals surface area (Å²) in [7, 11) is 1.55. The zero-order chi connectivity index (χ0) is 21.3. The third-order valence-electron chi connectivity index (χ3n) is 5.61. The number of morpholine rings is 1. The van der Waals surface area contributed by atoms with Gasteiger partial charge in [0.25, 0.3) is 17.1 Å². The first-order chi connectivity index (χ1) is 14.5. The number of anilines is 1. The minimum atomic E-state index is -0.329. The van der Waals surface area contributed by atoms with Crippen molar-refractivity contribution in [3.63, 3.8) is 0 Å². The van der Waals surface area contributed by atoms with Gasteiger partial charge in [-0.1, -0.05) is 11.1 Å². The number of nitrogens with two attached hydrogens (primary N) is 1. The lowest BCUT2D eigenvalue weighted by Crippen LogP contribution is -2.44. The smallest absolute Gasteiger partial charge is 0.278 e. The van der Waals surface area contributed by atoms with E-state index in [0.29, 0.717) is 29.0 Å². The van der Waals surface area contributed by atoms with Crippen LogP contribution in [0, 0.1) is 6.92 Å². The number of aromatic nitrogens is 3. The lowest BCUT2D eigenvalue weighted by molar-refractivity contribution is -0.659. The molecular weight excluding hydrogens is 384 g/mol. The topological polar surface area (TPSA) is 106 Å². The van der Waals surface area contributed by atoms with Crippen molar-refractivity contribution in [2.24, 2.45) is 0 Å². The number of fused-ring (bicyclic) bond motifs is 2. The van der Waals surface area contributed by atoms with Crippen molar-refractivity contribution in [1.29, 1.82) is 0 Å². The van der Waals surface area contributed by atoms with E-state index < -0.39 is 0 Å². The number of pyridine rings is 2. The predicted octanol–water partition coefficient (Wildman–Crippen LogP) is 0.108. The number of aryl methyl sites for hydroxylation is 2. The lowest BCUT2D eigenvalue weighted by atomic mass is 10.1. The summed E-state index contributed by atoms with van der Waals surface area (Å²) < 4.78 is 8.72. The number of nitrogens with one attached hydrogen (secondary N) is 1. The molecule has 4 heterocycles. The molecule has 30 heavy (non-hydrogen) atoms. The molecule has 0 unspecified atom stereocenters. The number of ether oxygens (including phenoxy) is 1. The van der Waals surface area contributed by atoms with E-state index in [1.54, 1.807) is 23.9 Å². The molecule has 4 rings (SSSR count). The van der Waals surface area contributed by atoms with Gasteiger partial charge in [-0.25, -0.2) is 4.57 Å². The molecule has 0 radical (unpaired) electrons. The van der Waals surface area contributed by atoms with Crippen LogP contribution < -0.4 is 21.2 Å². The van der Waals surface area contributed by atoms with Crippen LogP contribution in [-0.2, 0) is 11.3 Å². The fourth-order valence-electron chi connectivity index (χ4n) is 3.93. The molecule has 158 valence electrons. The summed E-state index contributed by atoms with van der Waals surface area (Å²) in [5.41, 5.74) is 8.44. The molecule has 0 bridgehead atoms. The fourth-order valence-corrected chi connectivity index (χ4v) is 3.93. The zero-order valence-electron chi connectivity index (χ0n) is 17.4. The van der Waals surface area contributed by atoms with E-state index in [-0.39, 0.29) is 17.0 Å². The van der Waals surface area contributed by atoms with Crippen LogP contribution in [0.15, 0.2) is 29.2 Å². The molecule has 1 saturated heterocycles. The third kappa shape index (κ3) is 3.61. The molecular formula is C21H27N6O3+. The van der Waals surface area contributed by atoms with Crippen LogP contribution in [0.2, 0.25) is 0 Å². The molecule has 0 aromatic carbocycles. The van der Waals surface area contributed by atoms with Gasteiger partial charge in [0.15, 0.2) is 0 Å². The Labute approximate surface area is 174 Å². The third-order valence-corrected chi connectivity index (χ3v) is 5.61. The van der Waals surface area contributed by atoms with Gasteiger partial charge in [-0.2, -0.15) is 0 Å². The summed E-state index contributed by atoms with van der Waals surface area (Å²) in [4.78, 5) is 32.7. The monoisotopic (exact) mass is 411 g/mol. The predicted molar refractivity (Wildman–Crippen MR) is 114 cm³/mol.